The van der Waals surface area contributed by atoms with Crippen molar-refractivity contribution in [3.8, 4) is 0 Å². The number of aromatic amines is 1. The highest BCUT2D eigenvalue weighted by atomic mass is 16.5. The summed E-state index contributed by atoms with van der Waals surface area (Å²) >= 11 is 0. The molecule has 86 valence electrons. The van der Waals surface area contributed by atoms with Gasteiger partial charge in [0.25, 0.3) is 0 Å². The third kappa shape index (κ3) is 4.44. The van der Waals surface area contributed by atoms with E-state index in [4.69, 9.17) is 4.74 Å². The average molecular weight is 211 g/mol. The first-order valence-corrected chi connectivity index (χ1v) is 5.60. The van der Waals surface area contributed by atoms with Crippen LogP contribution in [0.5, 0.6) is 0 Å². The summed E-state index contributed by atoms with van der Waals surface area (Å²) in [6.45, 7) is 3.81. The fourth-order valence-corrected chi connectivity index (χ4v) is 1.55. The van der Waals surface area contributed by atoms with E-state index in [0.29, 0.717) is 6.04 Å². The van der Waals surface area contributed by atoms with Gasteiger partial charge in [0.1, 0.15) is 5.82 Å². The summed E-state index contributed by atoms with van der Waals surface area (Å²) in [5.74, 6) is 1.03. The summed E-state index contributed by atoms with van der Waals surface area (Å²) in [6.07, 6.45) is 7.21. The SMILES string of the molecule is CCCCC(NCCOC)c1ncc[nH]1. The number of hydrogen-bond acceptors (Lipinski definition) is 3. The number of unbranched alkanes of at least 4 members (excludes halogenated alkanes) is 1. The molecule has 0 fully saturated rings. The van der Waals surface area contributed by atoms with E-state index in [1.807, 2.05) is 6.20 Å². The van der Waals surface area contributed by atoms with Gasteiger partial charge in [-0.25, -0.2) is 4.98 Å². The van der Waals surface area contributed by atoms with Crippen LogP contribution in [-0.2, 0) is 4.74 Å². The van der Waals surface area contributed by atoms with E-state index in [0.717, 1.165) is 25.4 Å². The van der Waals surface area contributed by atoms with Crippen LogP contribution < -0.4 is 5.32 Å². The monoisotopic (exact) mass is 211 g/mol. The van der Waals surface area contributed by atoms with Crippen molar-refractivity contribution in [1.29, 1.82) is 0 Å². The van der Waals surface area contributed by atoms with Gasteiger partial charge in [0.2, 0.25) is 0 Å². The van der Waals surface area contributed by atoms with Crippen LogP contribution in [0.25, 0.3) is 0 Å². The molecule has 1 aromatic heterocycles. The highest BCUT2D eigenvalue weighted by molar-refractivity contribution is 4.95. The number of nitrogens with one attached hydrogen (secondary N) is 2. The first-order chi connectivity index (χ1) is 7.38. The van der Waals surface area contributed by atoms with Crippen LogP contribution in [0, 0.1) is 0 Å². The Balaban J connectivity index is 2.39. The molecule has 0 aromatic carbocycles. The van der Waals surface area contributed by atoms with E-state index in [1.165, 1.54) is 12.8 Å². The molecule has 1 unspecified atom stereocenters. The molecular formula is C11H21N3O. The molecule has 0 bridgehead atoms. The smallest absolute Gasteiger partial charge is 0.123 e. The van der Waals surface area contributed by atoms with Gasteiger partial charge in [-0.1, -0.05) is 19.8 Å². The van der Waals surface area contributed by atoms with Crippen LogP contribution in [0.1, 0.15) is 38.1 Å². The predicted octanol–water partition coefficient (Wildman–Crippen LogP) is 1.88. The quantitative estimate of drug-likeness (QED) is 0.645. The normalized spacial score (nSPS) is 12.9. The van der Waals surface area contributed by atoms with Crippen LogP contribution in [0.3, 0.4) is 0 Å². The molecule has 1 atom stereocenters. The van der Waals surface area contributed by atoms with Crippen molar-refractivity contribution in [2.45, 2.75) is 32.2 Å². The Labute approximate surface area is 91.4 Å². The maximum absolute atomic E-state index is 5.02. The molecule has 1 aromatic rings. The summed E-state index contributed by atoms with van der Waals surface area (Å²) in [7, 11) is 1.72. The van der Waals surface area contributed by atoms with Crippen molar-refractivity contribution in [2.24, 2.45) is 0 Å². The number of nitrogens with zero attached hydrogens (tertiary/aromatic N) is 1. The number of hydrogen-bond donors (Lipinski definition) is 2. The first kappa shape index (κ1) is 12.2. The first-order valence-electron chi connectivity index (χ1n) is 5.60. The van der Waals surface area contributed by atoms with Gasteiger partial charge in [0, 0.05) is 26.0 Å². The highest BCUT2D eigenvalue weighted by Crippen LogP contribution is 2.14. The topological polar surface area (TPSA) is 49.9 Å². The molecule has 0 aliphatic carbocycles. The molecule has 0 aliphatic heterocycles. The molecular weight excluding hydrogens is 190 g/mol. The molecule has 0 spiro atoms. The van der Waals surface area contributed by atoms with Crippen molar-refractivity contribution in [3.05, 3.63) is 18.2 Å². The van der Waals surface area contributed by atoms with E-state index in [1.54, 1.807) is 13.3 Å². The minimum absolute atomic E-state index is 0.329. The van der Waals surface area contributed by atoms with Crippen LogP contribution in [-0.4, -0.2) is 30.2 Å². The van der Waals surface area contributed by atoms with Gasteiger partial charge in [0.05, 0.1) is 12.6 Å². The molecule has 0 saturated heterocycles. The fraction of sp³-hybridized carbons (Fsp3) is 0.727. The maximum Gasteiger partial charge on any atom is 0.123 e. The van der Waals surface area contributed by atoms with Crippen LogP contribution in [0.15, 0.2) is 12.4 Å². The lowest BCUT2D eigenvalue weighted by Gasteiger charge is -2.15. The lowest BCUT2D eigenvalue weighted by Crippen LogP contribution is -2.26. The Hall–Kier alpha value is -0.870. The molecule has 1 rings (SSSR count). The Morgan fingerprint density at radius 1 is 1.60 bits per heavy atom. The van der Waals surface area contributed by atoms with Gasteiger partial charge >= 0.3 is 0 Å². The molecule has 4 nitrogen and oxygen atoms in total. The minimum atomic E-state index is 0.329. The van der Waals surface area contributed by atoms with Gasteiger partial charge in [-0.15, -0.1) is 0 Å². The molecule has 0 radical (unpaired) electrons. The third-order valence-electron chi connectivity index (χ3n) is 2.39. The number of rotatable bonds is 8. The molecule has 2 N–H and O–H groups in total. The van der Waals surface area contributed by atoms with Crippen molar-refractivity contribution in [2.75, 3.05) is 20.3 Å². The molecule has 0 saturated carbocycles. The third-order valence-corrected chi connectivity index (χ3v) is 2.39. The van der Waals surface area contributed by atoms with Crippen molar-refractivity contribution >= 4 is 0 Å². The fourth-order valence-electron chi connectivity index (χ4n) is 1.55. The van der Waals surface area contributed by atoms with Gasteiger partial charge in [-0.3, -0.25) is 0 Å². The molecule has 1 heterocycles. The molecule has 4 heteroatoms. The number of methoxy groups -OCH3 is 1. The van der Waals surface area contributed by atoms with Crippen LogP contribution in [0.4, 0.5) is 0 Å². The number of imidazole rings is 1. The van der Waals surface area contributed by atoms with Gasteiger partial charge < -0.3 is 15.0 Å². The summed E-state index contributed by atoms with van der Waals surface area (Å²) in [6, 6.07) is 0.329. The zero-order chi connectivity index (χ0) is 10.9. The average Bonchev–Trinajstić information content (AvgIpc) is 2.76. The second-order valence-electron chi connectivity index (χ2n) is 3.62. The van der Waals surface area contributed by atoms with E-state index in [-0.39, 0.29) is 0 Å². The Kier molecular flexibility index (Phi) is 6.04. The maximum atomic E-state index is 5.02. The molecule has 15 heavy (non-hydrogen) atoms. The van der Waals surface area contributed by atoms with Gasteiger partial charge in [-0.05, 0) is 6.42 Å². The van der Waals surface area contributed by atoms with E-state index in [2.05, 4.69) is 22.2 Å². The highest BCUT2D eigenvalue weighted by Gasteiger charge is 2.11. The molecule has 0 amide bonds. The zero-order valence-electron chi connectivity index (χ0n) is 9.62. The molecule has 0 aliphatic rings. The standard InChI is InChI=1S/C11H21N3O/c1-3-4-5-10(12-8-9-15-2)11-13-6-7-14-11/h6-7,10,12H,3-5,8-9H2,1-2H3,(H,13,14). The Bertz CT molecular complexity index is 236. The van der Waals surface area contributed by atoms with Crippen molar-refractivity contribution in [3.63, 3.8) is 0 Å². The second-order valence-corrected chi connectivity index (χ2v) is 3.62. The van der Waals surface area contributed by atoms with E-state index >= 15 is 0 Å². The lowest BCUT2D eigenvalue weighted by atomic mass is 10.1. The van der Waals surface area contributed by atoms with Crippen LogP contribution >= 0.6 is 0 Å². The van der Waals surface area contributed by atoms with Crippen molar-refractivity contribution < 1.29 is 4.74 Å². The summed E-state index contributed by atoms with van der Waals surface area (Å²) in [5.41, 5.74) is 0. The lowest BCUT2D eigenvalue weighted by molar-refractivity contribution is 0.194. The summed E-state index contributed by atoms with van der Waals surface area (Å²) < 4.78 is 5.02. The van der Waals surface area contributed by atoms with E-state index < -0.39 is 0 Å². The Morgan fingerprint density at radius 3 is 3.07 bits per heavy atom. The largest absolute Gasteiger partial charge is 0.383 e. The Morgan fingerprint density at radius 2 is 2.47 bits per heavy atom. The van der Waals surface area contributed by atoms with Gasteiger partial charge in [0.15, 0.2) is 0 Å². The second kappa shape index (κ2) is 7.43. The minimum Gasteiger partial charge on any atom is -0.383 e. The van der Waals surface area contributed by atoms with Crippen LogP contribution in [0.2, 0.25) is 0 Å². The summed E-state index contributed by atoms with van der Waals surface area (Å²) in [4.78, 5) is 7.45. The number of H-pyrrole nitrogens is 1. The zero-order valence-corrected chi connectivity index (χ0v) is 9.62. The number of ether oxygens (including phenoxy) is 1. The van der Waals surface area contributed by atoms with Crippen molar-refractivity contribution in [1.82, 2.24) is 15.3 Å². The summed E-state index contributed by atoms with van der Waals surface area (Å²) in [5, 5.41) is 3.44. The van der Waals surface area contributed by atoms with E-state index in [9.17, 15) is 0 Å². The van der Waals surface area contributed by atoms with Gasteiger partial charge in [-0.2, -0.15) is 0 Å². The number of aromatic nitrogens is 2. The predicted molar refractivity (Wildman–Crippen MR) is 60.7 cm³/mol.